The third-order valence-corrected chi connectivity index (χ3v) is 5.50. The molecule has 0 amide bonds. The number of esters is 1. The third kappa shape index (κ3) is 5.74. The molecule has 2 heterocycles. The normalized spacial score (nSPS) is 11.4. The fourth-order valence-corrected chi connectivity index (χ4v) is 3.78. The van der Waals surface area contributed by atoms with E-state index in [1.54, 1.807) is 30.5 Å². The molecular formula is C28H25N3O4. The van der Waals surface area contributed by atoms with Gasteiger partial charge in [-0.25, -0.2) is 9.50 Å². The highest BCUT2D eigenvalue weighted by Crippen LogP contribution is 2.26. The Balaban J connectivity index is 1.51. The molecule has 0 spiro atoms. The summed E-state index contributed by atoms with van der Waals surface area (Å²) in [5.74, 6) is 6.17. The van der Waals surface area contributed by atoms with Crippen LogP contribution in [0.25, 0.3) is 16.8 Å². The predicted octanol–water partition coefficient (Wildman–Crippen LogP) is 4.85. The summed E-state index contributed by atoms with van der Waals surface area (Å²) in [4.78, 5) is 27.3. The zero-order valence-corrected chi connectivity index (χ0v) is 19.6. The minimum absolute atomic E-state index is 0.209. The molecule has 2 aromatic carbocycles. The molecule has 2 aromatic heterocycles. The van der Waals surface area contributed by atoms with Gasteiger partial charge in [0.25, 0.3) is 0 Å². The van der Waals surface area contributed by atoms with Gasteiger partial charge in [0.15, 0.2) is 5.65 Å². The average molecular weight is 468 g/mol. The first-order valence-electron chi connectivity index (χ1n) is 11.3. The van der Waals surface area contributed by atoms with Crippen LogP contribution in [0.3, 0.4) is 0 Å². The summed E-state index contributed by atoms with van der Waals surface area (Å²) in [6.07, 6.45) is 4.43. The summed E-state index contributed by atoms with van der Waals surface area (Å²) in [6, 6.07) is 17.0. The Labute approximate surface area is 203 Å². The number of carbonyl (C=O) groups excluding carboxylic acids is 2. The van der Waals surface area contributed by atoms with Crippen LogP contribution in [0, 0.1) is 11.8 Å². The standard InChI is InChI=1S/C28H25N3O4/c1-3-5-23(15-27(33)34-4-2)21-10-12-26(13-11-21)35-18-25-14-24(16-31-28(25)29-19-30-31)22-8-6-20(17-32)7-9-22/h6-14,16-17,19,23H,4,15,18H2,1-2H3. The lowest BCUT2D eigenvalue weighted by Gasteiger charge is -2.13. The summed E-state index contributed by atoms with van der Waals surface area (Å²) in [5, 5.41) is 4.28. The molecule has 1 unspecified atom stereocenters. The van der Waals surface area contributed by atoms with Crippen LogP contribution >= 0.6 is 0 Å². The molecule has 0 fully saturated rings. The van der Waals surface area contributed by atoms with Gasteiger partial charge >= 0.3 is 5.97 Å². The van der Waals surface area contributed by atoms with Gasteiger partial charge in [0, 0.05) is 22.9 Å². The topological polar surface area (TPSA) is 82.8 Å². The van der Waals surface area contributed by atoms with Crippen LogP contribution in [0.2, 0.25) is 0 Å². The number of rotatable bonds is 9. The summed E-state index contributed by atoms with van der Waals surface area (Å²) >= 11 is 0. The zero-order chi connectivity index (χ0) is 24.6. The van der Waals surface area contributed by atoms with Gasteiger partial charge in [-0.15, -0.1) is 5.92 Å². The molecular weight excluding hydrogens is 442 g/mol. The number of ether oxygens (including phenoxy) is 2. The predicted molar refractivity (Wildman–Crippen MR) is 132 cm³/mol. The molecule has 0 bridgehead atoms. The van der Waals surface area contributed by atoms with Crippen LogP contribution in [-0.2, 0) is 16.1 Å². The molecule has 35 heavy (non-hydrogen) atoms. The highest BCUT2D eigenvalue weighted by Gasteiger charge is 2.15. The Morgan fingerprint density at radius 3 is 2.57 bits per heavy atom. The van der Waals surface area contributed by atoms with E-state index in [2.05, 4.69) is 21.9 Å². The molecule has 0 saturated heterocycles. The Hall–Kier alpha value is -4.44. The number of nitrogens with zero attached hydrogens (tertiary/aromatic N) is 3. The molecule has 7 nitrogen and oxygen atoms in total. The molecule has 0 aliphatic carbocycles. The summed E-state index contributed by atoms with van der Waals surface area (Å²) < 4.78 is 12.8. The monoisotopic (exact) mass is 467 g/mol. The SMILES string of the molecule is CC#CC(CC(=O)OCC)c1ccc(OCc2cc(-c3ccc(C=O)cc3)cn3ncnc23)cc1. The average Bonchev–Trinajstić information content (AvgIpc) is 3.36. The minimum atomic E-state index is -0.265. The molecule has 0 aliphatic rings. The molecule has 0 saturated carbocycles. The lowest BCUT2D eigenvalue weighted by molar-refractivity contribution is -0.143. The number of aldehydes is 1. The fourth-order valence-electron chi connectivity index (χ4n) is 3.78. The Morgan fingerprint density at radius 2 is 1.89 bits per heavy atom. The van der Waals surface area contributed by atoms with E-state index in [9.17, 15) is 9.59 Å². The van der Waals surface area contributed by atoms with E-state index in [0.29, 0.717) is 30.2 Å². The Kier molecular flexibility index (Phi) is 7.53. The van der Waals surface area contributed by atoms with Gasteiger partial charge in [0.2, 0.25) is 0 Å². The number of carbonyl (C=O) groups is 2. The van der Waals surface area contributed by atoms with Gasteiger partial charge in [0.05, 0.1) is 18.9 Å². The lowest BCUT2D eigenvalue weighted by Crippen LogP contribution is -2.09. The largest absolute Gasteiger partial charge is 0.489 e. The van der Waals surface area contributed by atoms with Gasteiger partial charge in [0.1, 0.15) is 25.0 Å². The van der Waals surface area contributed by atoms with Gasteiger partial charge in [-0.1, -0.05) is 42.3 Å². The van der Waals surface area contributed by atoms with Crippen LogP contribution in [0.15, 0.2) is 67.1 Å². The van der Waals surface area contributed by atoms with Crippen LogP contribution < -0.4 is 4.74 Å². The number of pyridine rings is 1. The van der Waals surface area contributed by atoms with Crippen molar-refractivity contribution in [2.75, 3.05) is 6.61 Å². The van der Waals surface area contributed by atoms with Crippen molar-refractivity contribution < 1.29 is 19.1 Å². The van der Waals surface area contributed by atoms with Crippen LogP contribution in [0.5, 0.6) is 5.75 Å². The lowest BCUT2D eigenvalue weighted by atomic mass is 9.96. The first-order valence-corrected chi connectivity index (χ1v) is 11.3. The molecule has 0 N–H and O–H groups in total. The molecule has 1 atom stereocenters. The first-order chi connectivity index (χ1) is 17.1. The quantitative estimate of drug-likeness (QED) is 0.199. The maximum atomic E-state index is 11.9. The van der Waals surface area contributed by atoms with E-state index >= 15 is 0 Å². The second-order valence-corrected chi connectivity index (χ2v) is 7.84. The van der Waals surface area contributed by atoms with Crippen molar-refractivity contribution in [1.29, 1.82) is 0 Å². The van der Waals surface area contributed by atoms with E-state index in [4.69, 9.17) is 9.47 Å². The molecule has 7 heteroatoms. The maximum Gasteiger partial charge on any atom is 0.307 e. The maximum absolute atomic E-state index is 11.9. The van der Waals surface area contributed by atoms with Crippen molar-refractivity contribution in [2.45, 2.75) is 32.8 Å². The van der Waals surface area contributed by atoms with Crippen molar-refractivity contribution in [3.63, 3.8) is 0 Å². The van der Waals surface area contributed by atoms with Gasteiger partial charge < -0.3 is 9.47 Å². The van der Waals surface area contributed by atoms with E-state index in [1.165, 1.54) is 6.33 Å². The highest BCUT2D eigenvalue weighted by molar-refractivity contribution is 5.77. The van der Waals surface area contributed by atoms with Crippen molar-refractivity contribution in [2.24, 2.45) is 0 Å². The smallest absolute Gasteiger partial charge is 0.307 e. The molecule has 4 aromatic rings. The second kappa shape index (κ2) is 11.1. The van der Waals surface area contributed by atoms with Crippen LogP contribution in [0.4, 0.5) is 0 Å². The van der Waals surface area contributed by atoms with Gasteiger partial charge in [-0.3, -0.25) is 9.59 Å². The highest BCUT2D eigenvalue weighted by atomic mass is 16.5. The summed E-state index contributed by atoms with van der Waals surface area (Å²) in [5.41, 5.74) is 5.04. The van der Waals surface area contributed by atoms with Crippen LogP contribution in [0.1, 0.15) is 47.7 Å². The minimum Gasteiger partial charge on any atom is -0.489 e. The summed E-state index contributed by atoms with van der Waals surface area (Å²) in [6.45, 7) is 4.19. The summed E-state index contributed by atoms with van der Waals surface area (Å²) in [7, 11) is 0. The van der Waals surface area contributed by atoms with Crippen molar-refractivity contribution in [3.8, 4) is 28.7 Å². The number of aromatic nitrogens is 3. The number of fused-ring (bicyclic) bond motifs is 1. The van der Waals surface area contributed by atoms with Crippen molar-refractivity contribution >= 4 is 17.9 Å². The molecule has 0 radical (unpaired) electrons. The Bertz CT molecular complexity index is 1380. The first kappa shape index (κ1) is 23.7. The number of hydrogen-bond acceptors (Lipinski definition) is 6. The molecule has 0 aliphatic heterocycles. The van der Waals surface area contributed by atoms with Crippen LogP contribution in [-0.4, -0.2) is 33.5 Å². The van der Waals surface area contributed by atoms with E-state index in [1.807, 2.05) is 48.7 Å². The van der Waals surface area contributed by atoms with Crippen molar-refractivity contribution in [3.05, 3.63) is 83.8 Å². The number of benzene rings is 2. The van der Waals surface area contributed by atoms with E-state index in [-0.39, 0.29) is 18.3 Å². The van der Waals surface area contributed by atoms with Gasteiger partial charge in [-0.05, 0) is 43.2 Å². The number of hydrogen-bond donors (Lipinski definition) is 0. The van der Waals surface area contributed by atoms with Crippen molar-refractivity contribution in [1.82, 2.24) is 14.6 Å². The van der Waals surface area contributed by atoms with Gasteiger partial charge in [-0.2, -0.15) is 5.10 Å². The van der Waals surface area contributed by atoms with E-state index in [0.717, 1.165) is 28.5 Å². The zero-order valence-electron chi connectivity index (χ0n) is 19.6. The Morgan fingerprint density at radius 1 is 1.11 bits per heavy atom. The van der Waals surface area contributed by atoms with E-state index < -0.39 is 0 Å². The molecule has 4 rings (SSSR count). The second-order valence-electron chi connectivity index (χ2n) is 7.84. The fraction of sp³-hybridized carbons (Fsp3) is 0.214. The molecule has 176 valence electrons. The third-order valence-electron chi connectivity index (χ3n) is 5.50.